The number of methoxy groups -OCH3 is 1. The summed E-state index contributed by atoms with van der Waals surface area (Å²) in [4.78, 5) is 54.1. The lowest BCUT2D eigenvalue weighted by molar-refractivity contribution is -0.0567. The van der Waals surface area contributed by atoms with E-state index in [1.165, 1.54) is 12.1 Å². The van der Waals surface area contributed by atoms with E-state index in [0.29, 0.717) is 10.1 Å². The second-order valence-corrected chi connectivity index (χ2v) is 14.6. The van der Waals surface area contributed by atoms with Crippen LogP contribution in [0.2, 0.25) is 0 Å². The van der Waals surface area contributed by atoms with Gasteiger partial charge in [0.1, 0.15) is 49.5 Å². The third-order valence-corrected chi connectivity index (χ3v) is 9.89. The van der Waals surface area contributed by atoms with Crippen molar-refractivity contribution in [1.82, 2.24) is 13.7 Å². The fourth-order valence-electron chi connectivity index (χ4n) is 6.03. The van der Waals surface area contributed by atoms with Crippen molar-refractivity contribution < 1.29 is 59.0 Å². The van der Waals surface area contributed by atoms with Crippen LogP contribution < -0.4 is 15.4 Å². The van der Waals surface area contributed by atoms with E-state index >= 15 is 0 Å². The number of carbonyl (C=O) groups is 2. The predicted octanol–water partition coefficient (Wildman–Crippen LogP) is 4.96. The molecule has 1 aliphatic heterocycles. The minimum atomic E-state index is -6.37. The highest BCUT2D eigenvalue weighted by Crippen LogP contribution is 2.38. The van der Waals surface area contributed by atoms with Gasteiger partial charge in [-0.25, -0.2) is 19.0 Å². The third-order valence-electron chi connectivity index (χ3n) is 8.92. The summed E-state index contributed by atoms with van der Waals surface area (Å²) in [6, 6.07) is 21.6. The van der Waals surface area contributed by atoms with Crippen molar-refractivity contribution in [3.63, 3.8) is 0 Å². The highest BCUT2D eigenvalue weighted by atomic mass is 32.2. The number of aryl methyl sites for hydroxylation is 2. The van der Waals surface area contributed by atoms with E-state index in [4.69, 9.17) is 23.7 Å². The highest BCUT2D eigenvalue weighted by molar-refractivity contribution is 7.88. The Balaban J connectivity index is 1.44. The van der Waals surface area contributed by atoms with E-state index in [2.05, 4.69) is 4.18 Å². The average Bonchev–Trinajstić information content (AvgIpc) is 3.74. The lowest BCUT2D eigenvalue weighted by Gasteiger charge is -2.19. The molecule has 2 aromatic heterocycles. The first-order valence-electron chi connectivity index (χ1n) is 17.2. The lowest BCUT2D eigenvalue weighted by Crippen LogP contribution is -2.41. The first kappa shape index (κ1) is 40.9. The molecule has 0 unspecified atom stereocenters. The monoisotopic (exact) mass is 815 g/mol. The molecule has 19 heteroatoms. The minimum Gasteiger partial charge on any atom is -0.459 e. The smallest absolute Gasteiger partial charge is 0.459 e. The summed E-state index contributed by atoms with van der Waals surface area (Å²) in [5, 5.41) is -0.770. The molecule has 0 N–H and O–H groups in total. The van der Waals surface area contributed by atoms with E-state index in [1.807, 2.05) is 13.8 Å². The zero-order chi connectivity index (χ0) is 41.1. The van der Waals surface area contributed by atoms with E-state index in [9.17, 15) is 40.8 Å². The van der Waals surface area contributed by atoms with Crippen molar-refractivity contribution in [3.8, 4) is 5.75 Å². The Morgan fingerprint density at radius 2 is 1.47 bits per heavy atom. The summed E-state index contributed by atoms with van der Waals surface area (Å²) in [5.74, 6) is -2.63. The maximum Gasteiger partial charge on any atom is 0.534 e. The van der Waals surface area contributed by atoms with Gasteiger partial charge in [-0.05, 0) is 43.7 Å². The molecule has 1 fully saturated rings. The second kappa shape index (κ2) is 16.8. The number of fused-ring (bicyclic) bond motifs is 1. The Bertz CT molecular complexity index is 2480. The quantitative estimate of drug-likeness (QED) is 0.0840. The normalized spacial score (nSPS) is 17.1. The van der Waals surface area contributed by atoms with Crippen LogP contribution >= 0.6 is 0 Å². The number of hydrogen-bond donors (Lipinski definition) is 0. The van der Waals surface area contributed by atoms with Gasteiger partial charge in [0.15, 0.2) is 5.75 Å². The van der Waals surface area contributed by atoms with Crippen LogP contribution in [0, 0.1) is 13.8 Å². The Labute approximate surface area is 322 Å². The first-order valence-corrected chi connectivity index (χ1v) is 18.6. The van der Waals surface area contributed by atoms with E-state index < -0.39 is 94.1 Å². The van der Waals surface area contributed by atoms with Crippen molar-refractivity contribution >= 4 is 33.1 Å². The Hall–Kier alpha value is -5.76. The molecule has 0 aliphatic carbocycles. The van der Waals surface area contributed by atoms with Gasteiger partial charge in [0.05, 0.1) is 23.9 Å². The summed E-state index contributed by atoms with van der Waals surface area (Å²) in [7, 11) is -5.22. The van der Waals surface area contributed by atoms with Crippen LogP contribution in [0.1, 0.15) is 50.1 Å². The van der Waals surface area contributed by atoms with Crippen LogP contribution in [-0.4, -0.2) is 65.5 Å². The Morgan fingerprint density at radius 1 is 0.860 bits per heavy atom. The third kappa shape index (κ3) is 8.96. The lowest BCUT2D eigenvalue weighted by atomic mass is 10.1. The van der Waals surface area contributed by atoms with E-state index in [0.717, 1.165) is 33.6 Å². The van der Waals surface area contributed by atoms with Gasteiger partial charge >= 0.3 is 33.3 Å². The summed E-state index contributed by atoms with van der Waals surface area (Å²) in [6.45, 7) is 1.80. The molecule has 1 saturated heterocycles. The summed E-state index contributed by atoms with van der Waals surface area (Å²) < 4.78 is 101. The molecule has 0 amide bonds. The number of carbonyl (C=O) groups excluding carboxylic acids is 2. The van der Waals surface area contributed by atoms with Gasteiger partial charge in [-0.1, -0.05) is 65.7 Å². The van der Waals surface area contributed by atoms with Gasteiger partial charge in [0.25, 0.3) is 5.56 Å². The van der Waals surface area contributed by atoms with Gasteiger partial charge in [-0.15, -0.1) is 0 Å². The van der Waals surface area contributed by atoms with Crippen LogP contribution in [0.4, 0.5) is 13.2 Å². The molecular formula is C38H36F3N3O12S. The van der Waals surface area contributed by atoms with Crippen LogP contribution in [0.25, 0.3) is 11.0 Å². The molecule has 0 radical (unpaired) electrons. The number of benzene rings is 3. The Kier molecular flexibility index (Phi) is 12.0. The molecule has 5 aromatic rings. The van der Waals surface area contributed by atoms with Crippen molar-refractivity contribution in [2.45, 2.75) is 64.3 Å². The van der Waals surface area contributed by atoms with E-state index in [1.54, 1.807) is 66.7 Å². The zero-order valence-electron chi connectivity index (χ0n) is 30.6. The molecule has 3 heterocycles. The molecule has 3 atom stereocenters. The van der Waals surface area contributed by atoms with E-state index in [-0.39, 0.29) is 24.2 Å². The van der Waals surface area contributed by atoms with Crippen molar-refractivity contribution in [1.29, 1.82) is 0 Å². The highest BCUT2D eigenvalue weighted by Gasteiger charge is 2.49. The second-order valence-electron chi connectivity index (χ2n) is 13.0. The molecule has 3 aromatic carbocycles. The minimum absolute atomic E-state index is 0.0594. The maximum absolute atomic E-state index is 13.9. The number of alkyl halides is 3. The SMILES string of the molecule is COCn1c(=O)c2c(OS(=O)(=O)C(F)(F)F)cn([C@H]3C[C@H](OC(=O)c4ccc(C)cc4)[C@@H](COC(=O)c4ccc(C)cc4)O3)c2n(COCc2ccccc2)c1=O. The van der Waals surface area contributed by atoms with Crippen molar-refractivity contribution in [2.75, 3.05) is 13.7 Å². The number of hydrogen-bond acceptors (Lipinski definition) is 12. The van der Waals surface area contributed by atoms with Crippen LogP contribution in [0.5, 0.6) is 5.75 Å². The standard InChI is InChI=1S/C38H36F3N3O12S/c1-23-9-13-26(14-10-23)35(46)53-20-30-28(55-36(47)27-15-11-24(2)12-16-27)17-31(54-30)42-18-29(56-57(49,50)38(39,40)41)32-33(42)43(37(48)44(21-51-3)34(32)45)22-52-19-25-7-5-4-6-8-25/h4-16,18,28,30-31H,17,19-22H2,1-3H3/t28-,30+,31+/m0/s1. The zero-order valence-corrected chi connectivity index (χ0v) is 31.4. The Morgan fingerprint density at radius 3 is 2.07 bits per heavy atom. The number of nitrogens with zero attached hydrogens (tertiary/aromatic N) is 3. The van der Waals surface area contributed by atoms with Gasteiger partial charge in [-0.2, -0.15) is 21.6 Å². The molecule has 302 valence electrons. The number of ether oxygens (including phenoxy) is 5. The topological polar surface area (TPSA) is 173 Å². The fraction of sp³-hybridized carbons (Fsp3) is 0.316. The predicted molar refractivity (Wildman–Crippen MR) is 195 cm³/mol. The fourth-order valence-corrected chi connectivity index (χ4v) is 6.49. The molecule has 0 bridgehead atoms. The average molecular weight is 816 g/mol. The number of rotatable bonds is 14. The summed E-state index contributed by atoms with van der Waals surface area (Å²) >= 11 is 0. The molecule has 1 aliphatic rings. The molecule has 57 heavy (non-hydrogen) atoms. The number of aromatic nitrogens is 3. The molecule has 0 saturated carbocycles. The summed E-state index contributed by atoms with van der Waals surface area (Å²) in [5.41, 5.74) is -5.86. The molecule has 6 rings (SSSR count). The molecule has 15 nitrogen and oxygen atoms in total. The molecular weight excluding hydrogens is 779 g/mol. The van der Waals surface area contributed by atoms with Crippen LogP contribution in [-0.2, 0) is 53.9 Å². The van der Waals surface area contributed by atoms with Crippen molar-refractivity contribution in [3.05, 3.63) is 134 Å². The van der Waals surface area contributed by atoms with Crippen molar-refractivity contribution in [2.24, 2.45) is 0 Å². The summed E-state index contributed by atoms with van der Waals surface area (Å²) in [6.07, 6.45) is -3.35. The number of halogens is 3. The van der Waals surface area contributed by atoms with Crippen LogP contribution in [0.15, 0.2) is 94.6 Å². The molecule has 0 spiro atoms. The van der Waals surface area contributed by atoms with Gasteiger partial charge in [0, 0.05) is 13.5 Å². The van der Waals surface area contributed by atoms with Gasteiger partial charge in [-0.3, -0.25) is 9.36 Å². The maximum atomic E-state index is 13.9. The van der Waals surface area contributed by atoms with Gasteiger partial charge < -0.3 is 32.4 Å². The first-order chi connectivity index (χ1) is 27.1. The van der Waals surface area contributed by atoms with Crippen LogP contribution in [0.3, 0.4) is 0 Å². The number of esters is 2. The largest absolute Gasteiger partial charge is 0.534 e. The van der Waals surface area contributed by atoms with Gasteiger partial charge in [0.2, 0.25) is 0 Å².